The van der Waals surface area contributed by atoms with Gasteiger partial charge in [-0.1, -0.05) is 48.5 Å². The molecule has 0 aliphatic carbocycles. The van der Waals surface area contributed by atoms with Crippen LogP contribution < -0.4 is 0 Å². The summed E-state index contributed by atoms with van der Waals surface area (Å²) in [5, 5.41) is 12.8. The fourth-order valence-electron chi connectivity index (χ4n) is 4.39. The third kappa shape index (κ3) is 4.13. The maximum absolute atomic E-state index is 13.0. The Morgan fingerprint density at radius 3 is 2.43 bits per heavy atom. The third-order valence-corrected chi connectivity index (χ3v) is 7.03. The summed E-state index contributed by atoms with van der Waals surface area (Å²) in [7, 11) is 0. The molecule has 0 unspecified atom stereocenters. The summed E-state index contributed by atoms with van der Waals surface area (Å²) < 4.78 is 2.16. The van der Waals surface area contributed by atoms with Gasteiger partial charge in [0.25, 0.3) is 16.8 Å². The number of amides is 2. The molecule has 1 saturated heterocycles. The Morgan fingerprint density at radius 1 is 0.971 bits per heavy atom. The van der Waals surface area contributed by atoms with Crippen molar-refractivity contribution in [2.75, 3.05) is 0 Å². The molecule has 0 N–H and O–H groups in total. The van der Waals surface area contributed by atoms with Crippen LogP contribution in [0, 0.1) is 24.0 Å². The van der Waals surface area contributed by atoms with Crippen molar-refractivity contribution in [1.29, 1.82) is 0 Å². The topological polar surface area (TPSA) is 85.5 Å². The van der Waals surface area contributed by atoms with Crippen molar-refractivity contribution in [2.45, 2.75) is 20.4 Å². The molecule has 2 amide bonds. The second-order valence-electron chi connectivity index (χ2n) is 8.35. The van der Waals surface area contributed by atoms with Crippen LogP contribution in [0.4, 0.5) is 10.5 Å². The fourth-order valence-corrected chi connectivity index (χ4v) is 5.22. The number of carbonyl (C=O) groups is 2. The van der Waals surface area contributed by atoms with Gasteiger partial charge in [0.2, 0.25) is 0 Å². The maximum Gasteiger partial charge on any atom is 0.293 e. The Labute approximate surface area is 205 Å². The molecule has 1 aromatic heterocycles. The molecule has 8 heteroatoms. The number of rotatable bonds is 5. The van der Waals surface area contributed by atoms with Crippen LogP contribution in [-0.4, -0.2) is 25.5 Å². The van der Waals surface area contributed by atoms with E-state index in [4.69, 9.17) is 0 Å². The zero-order chi connectivity index (χ0) is 24.7. The fraction of sp³-hybridized carbons (Fsp3) is 0.111. The van der Waals surface area contributed by atoms with Crippen LogP contribution >= 0.6 is 11.8 Å². The SMILES string of the molecule is Cc1cc(/C=C2\SC(=O)N(Cc3ccc([N+](=O)[O-])cc3)C2=O)c(C)n1-c1cccc2ccccc12. The summed E-state index contributed by atoms with van der Waals surface area (Å²) >= 11 is 0.907. The van der Waals surface area contributed by atoms with Crippen LogP contribution in [0.5, 0.6) is 0 Å². The second-order valence-corrected chi connectivity index (χ2v) is 9.34. The normalized spacial score (nSPS) is 14.9. The Morgan fingerprint density at radius 2 is 1.69 bits per heavy atom. The smallest absolute Gasteiger partial charge is 0.293 e. The number of hydrogen-bond acceptors (Lipinski definition) is 5. The van der Waals surface area contributed by atoms with Gasteiger partial charge < -0.3 is 4.57 Å². The summed E-state index contributed by atoms with van der Waals surface area (Å²) in [4.78, 5) is 37.6. The number of nitro groups is 1. The summed E-state index contributed by atoms with van der Waals surface area (Å²) in [6, 6.07) is 22.2. The van der Waals surface area contributed by atoms with Crippen LogP contribution in [-0.2, 0) is 11.3 Å². The first-order valence-electron chi connectivity index (χ1n) is 11.0. The van der Waals surface area contributed by atoms with Crippen molar-refractivity contribution in [1.82, 2.24) is 9.47 Å². The number of aromatic nitrogens is 1. The average molecular weight is 484 g/mol. The number of non-ortho nitro benzene ring substituents is 1. The molecule has 174 valence electrons. The highest BCUT2D eigenvalue weighted by atomic mass is 32.2. The minimum Gasteiger partial charge on any atom is -0.317 e. The number of nitro benzene ring substituents is 1. The zero-order valence-corrected chi connectivity index (χ0v) is 19.9. The molecule has 0 atom stereocenters. The lowest BCUT2D eigenvalue weighted by molar-refractivity contribution is -0.384. The molecule has 4 aromatic rings. The van der Waals surface area contributed by atoms with Crippen molar-refractivity contribution in [3.05, 3.63) is 110 Å². The van der Waals surface area contributed by atoms with Crippen molar-refractivity contribution < 1.29 is 14.5 Å². The van der Waals surface area contributed by atoms with Gasteiger partial charge in [0.15, 0.2) is 0 Å². The van der Waals surface area contributed by atoms with E-state index < -0.39 is 4.92 Å². The number of aryl methyl sites for hydroxylation is 1. The molecule has 0 radical (unpaired) electrons. The van der Waals surface area contributed by atoms with Crippen molar-refractivity contribution in [3.8, 4) is 5.69 Å². The van der Waals surface area contributed by atoms with E-state index >= 15 is 0 Å². The molecule has 35 heavy (non-hydrogen) atoms. The van der Waals surface area contributed by atoms with Crippen LogP contribution in [0.25, 0.3) is 22.5 Å². The van der Waals surface area contributed by atoms with Gasteiger partial charge in [-0.25, -0.2) is 0 Å². The van der Waals surface area contributed by atoms with Crippen LogP contribution in [0.2, 0.25) is 0 Å². The van der Waals surface area contributed by atoms with E-state index in [-0.39, 0.29) is 23.4 Å². The van der Waals surface area contributed by atoms with Gasteiger partial charge in [-0.2, -0.15) is 0 Å². The average Bonchev–Trinajstić information content (AvgIpc) is 3.28. The highest BCUT2D eigenvalue weighted by Crippen LogP contribution is 2.35. The van der Waals surface area contributed by atoms with Gasteiger partial charge in [-0.05, 0) is 60.3 Å². The molecule has 3 aromatic carbocycles. The van der Waals surface area contributed by atoms with E-state index in [1.807, 2.05) is 38.1 Å². The third-order valence-electron chi connectivity index (χ3n) is 6.13. The van der Waals surface area contributed by atoms with E-state index in [0.29, 0.717) is 10.5 Å². The lowest BCUT2D eigenvalue weighted by Crippen LogP contribution is -2.27. The highest BCUT2D eigenvalue weighted by molar-refractivity contribution is 8.18. The maximum atomic E-state index is 13.0. The van der Waals surface area contributed by atoms with E-state index in [9.17, 15) is 19.7 Å². The molecule has 5 rings (SSSR count). The molecule has 0 bridgehead atoms. The molecule has 1 aliphatic rings. The van der Waals surface area contributed by atoms with Crippen LogP contribution in [0.3, 0.4) is 0 Å². The predicted molar refractivity (Wildman–Crippen MR) is 137 cm³/mol. The largest absolute Gasteiger partial charge is 0.317 e. The van der Waals surface area contributed by atoms with Gasteiger partial charge in [0.1, 0.15) is 0 Å². The Balaban J connectivity index is 1.45. The van der Waals surface area contributed by atoms with Crippen molar-refractivity contribution in [2.24, 2.45) is 0 Å². The number of carbonyl (C=O) groups excluding carboxylic acids is 2. The molecule has 7 nitrogen and oxygen atoms in total. The van der Waals surface area contributed by atoms with Gasteiger partial charge >= 0.3 is 0 Å². The standard InChI is InChI=1S/C27H21N3O4S/c1-17-14-21(18(2)29(17)24-9-5-7-20-6-3-4-8-23(20)24)15-25-26(31)28(27(32)35-25)16-19-10-12-22(13-11-19)30(33)34/h3-15H,16H2,1-2H3/b25-15-. The number of benzene rings is 3. The van der Waals surface area contributed by atoms with Crippen molar-refractivity contribution in [3.63, 3.8) is 0 Å². The number of fused-ring (bicyclic) bond motifs is 1. The Hall–Kier alpha value is -4.17. The summed E-state index contributed by atoms with van der Waals surface area (Å²) in [6.07, 6.45) is 1.77. The van der Waals surface area contributed by atoms with E-state index in [2.05, 4.69) is 28.8 Å². The lowest BCUT2D eigenvalue weighted by atomic mass is 10.1. The van der Waals surface area contributed by atoms with Gasteiger partial charge in [0, 0.05) is 28.9 Å². The summed E-state index contributed by atoms with van der Waals surface area (Å²) in [5.41, 5.74) is 4.54. The number of nitrogens with zero attached hydrogens (tertiary/aromatic N) is 3. The predicted octanol–water partition coefficient (Wildman–Crippen LogP) is 6.39. The minimum atomic E-state index is -0.485. The lowest BCUT2D eigenvalue weighted by Gasteiger charge is -2.13. The van der Waals surface area contributed by atoms with E-state index in [1.54, 1.807) is 18.2 Å². The number of thioether (sulfide) groups is 1. The van der Waals surface area contributed by atoms with Gasteiger partial charge in [-0.15, -0.1) is 0 Å². The first kappa shape index (κ1) is 22.6. The van der Waals surface area contributed by atoms with Gasteiger partial charge in [0.05, 0.1) is 22.1 Å². The highest BCUT2D eigenvalue weighted by Gasteiger charge is 2.35. The van der Waals surface area contributed by atoms with Crippen LogP contribution in [0.1, 0.15) is 22.5 Å². The first-order valence-corrected chi connectivity index (χ1v) is 11.8. The molecule has 1 fully saturated rings. The number of hydrogen-bond donors (Lipinski definition) is 0. The monoisotopic (exact) mass is 483 g/mol. The molecule has 0 saturated carbocycles. The quantitative estimate of drug-likeness (QED) is 0.186. The first-order chi connectivity index (χ1) is 16.8. The molecule has 0 spiro atoms. The van der Waals surface area contributed by atoms with Crippen LogP contribution in [0.15, 0.2) is 77.7 Å². The molecule has 1 aliphatic heterocycles. The molecule has 2 heterocycles. The van der Waals surface area contributed by atoms with Crippen molar-refractivity contribution >= 4 is 45.4 Å². The molecular weight excluding hydrogens is 462 g/mol. The summed E-state index contributed by atoms with van der Waals surface area (Å²) in [6.45, 7) is 4.09. The van der Waals surface area contributed by atoms with Gasteiger partial charge in [-0.3, -0.25) is 24.6 Å². The minimum absolute atomic E-state index is 0.0377. The molecular formula is C27H21N3O4S. The number of imide groups is 1. The second kappa shape index (κ2) is 8.88. The Bertz CT molecular complexity index is 1530. The zero-order valence-electron chi connectivity index (χ0n) is 19.1. The van der Waals surface area contributed by atoms with E-state index in [1.165, 1.54) is 17.0 Å². The summed E-state index contributed by atoms with van der Waals surface area (Å²) in [5.74, 6) is -0.367. The van der Waals surface area contributed by atoms with E-state index in [0.717, 1.165) is 45.2 Å². The Kier molecular flexibility index (Phi) is 5.74.